The highest BCUT2D eigenvalue weighted by Gasteiger charge is 2.50. The van der Waals surface area contributed by atoms with E-state index in [1.807, 2.05) is 25.1 Å². The number of rotatable bonds is 5. The summed E-state index contributed by atoms with van der Waals surface area (Å²) in [5.74, 6) is -0.225. The molecular weight excluding hydrogens is 497 g/mol. The molecule has 0 unspecified atom stereocenters. The molecular formula is C28H27F3N4O3. The SMILES string of the molecule is C=C(C)c1cccc(C2(c3nc4c(c(=O)[nH]3)CN(C(=O)[C@H](O)c3cccc(C(F)(F)F)c3)CCC4)CC2)n1. The number of aromatic nitrogens is 3. The molecule has 1 atom stereocenters. The predicted molar refractivity (Wildman–Crippen MR) is 134 cm³/mol. The summed E-state index contributed by atoms with van der Waals surface area (Å²) in [4.78, 5) is 40.1. The van der Waals surface area contributed by atoms with Gasteiger partial charge in [0.05, 0.1) is 40.2 Å². The minimum atomic E-state index is -4.60. The Hall–Kier alpha value is -3.79. The summed E-state index contributed by atoms with van der Waals surface area (Å²) in [5, 5.41) is 10.6. The van der Waals surface area contributed by atoms with Gasteiger partial charge in [0.15, 0.2) is 6.10 Å². The number of hydrogen-bond acceptors (Lipinski definition) is 5. The van der Waals surface area contributed by atoms with Gasteiger partial charge in [-0.3, -0.25) is 14.6 Å². The van der Waals surface area contributed by atoms with Gasteiger partial charge >= 0.3 is 6.18 Å². The van der Waals surface area contributed by atoms with E-state index in [4.69, 9.17) is 9.97 Å². The van der Waals surface area contributed by atoms with Crippen molar-refractivity contribution in [2.24, 2.45) is 0 Å². The van der Waals surface area contributed by atoms with Crippen molar-refractivity contribution in [1.82, 2.24) is 19.9 Å². The van der Waals surface area contributed by atoms with Crippen molar-refractivity contribution < 1.29 is 23.1 Å². The predicted octanol–water partition coefficient (Wildman–Crippen LogP) is 4.31. The van der Waals surface area contributed by atoms with Gasteiger partial charge in [-0.05, 0) is 68.0 Å². The molecule has 1 aliphatic heterocycles. The number of aliphatic hydroxyl groups is 1. The molecule has 1 aromatic carbocycles. The van der Waals surface area contributed by atoms with E-state index in [9.17, 15) is 27.9 Å². The van der Waals surface area contributed by atoms with Gasteiger partial charge in [-0.1, -0.05) is 24.8 Å². The van der Waals surface area contributed by atoms with Gasteiger partial charge in [-0.2, -0.15) is 13.2 Å². The lowest BCUT2D eigenvalue weighted by atomic mass is 9.99. The number of fused-ring (bicyclic) bond motifs is 1. The molecule has 2 aromatic heterocycles. The van der Waals surface area contributed by atoms with Crippen molar-refractivity contribution >= 4 is 11.5 Å². The molecule has 3 heterocycles. The molecule has 2 N–H and O–H groups in total. The van der Waals surface area contributed by atoms with Crippen molar-refractivity contribution in [3.63, 3.8) is 0 Å². The number of amides is 1. The quantitative estimate of drug-likeness (QED) is 0.519. The zero-order chi connectivity index (χ0) is 27.2. The summed E-state index contributed by atoms with van der Waals surface area (Å²) < 4.78 is 39.3. The monoisotopic (exact) mass is 524 g/mol. The highest BCUT2D eigenvalue weighted by atomic mass is 19.4. The lowest BCUT2D eigenvalue weighted by molar-refractivity contribution is -0.142. The van der Waals surface area contributed by atoms with Crippen LogP contribution in [0.15, 0.2) is 53.8 Å². The Labute approximate surface area is 217 Å². The van der Waals surface area contributed by atoms with Crippen LogP contribution >= 0.6 is 0 Å². The van der Waals surface area contributed by atoms with E-state index in [-0.39, 0.29) is 24.2 Å². The zero-order valence-electron chi connectivity index (χ0n) is 20.8. The number of aromatic amines is 1. The van der Waals surface area contributed by atoms with Crippen LogP contribution in [0.2, 0.25) is 0 Å². The molecule has 5 rings (SSSR count). The van der Waals surface area contributed by atoms with Crippen LogP contribution in [-0.2, 0) is 29.4 Å². The van der Waals surface area contributed by atoms with Crippen molar-refractivity contribution in [3.8, 4) is 0 Å². The van der Waals surface area contributed by atoms with Gasteiger partial charge in [-0.15, -0.1) is 0 Å². The standard InChI is InChI=1S/C28H27F3N4O3/c1-16(2)20-8-4-10-22(32-20)27(11-12-27)26-33-21-9-5-13-35(15-19(21)24(37)34-26)25(38)23(36)17-6-3-7-18(14-17)28(29,30)31/h3-4,6-8,10,14,23,36H,1,5,9,11-13,15H2,2H3,(H,33,34,37)/t23-/m1/s1. The molecule has 1 aliphatic carbocycles. The van der Waals surface area contributed by atoms with Gasteiger partial charge in [0, 0.05) is 6.54 Å². The van der Waals surface area contributed by atoms with Crippen LogP contribution in [0, 0.1) is 0 Å². The van der Waals surface area contributed by atoms with E-state index in [1.54, 1.807) is 0 Å². The van der Waals surface area contributed by atoms with Gasteiger partial charge < -0.3 is 15.0 Å². The lowest BCUT2D eigenvalue weighted by Crippen LogP contribution is -2.36. The van der Waals surface area contributed by atoms with Crippen LogP contribution in [0.4, 0.5) is 13.2 Å². The number of carbonyl (C=O) groups excluding carboxylic acids is 1. The Kier molecular flexibility index (Phi) is 6.46. The Morgan fingerprint density at radius 1 is 1.18 bits per heavy atom. The highest BCUT2D eigenvalue weighted by Crippen LogP contribution is 2.51. The van der Waals surface area contributed by atoms with Crippen LogP contribution in [-0.4, -0.2) is 37.4 Å². The second-order valence-electron chi connectivity index (χ2n) is 10.00. The fraction of sp³-hybridized carbons (Fsp3) is 0.357. The average molecular weight is 525 g/mol. The first-order valence-corrected chi connectivity index (χ1v) is 12.4. The molecule has 1 fully saturated rings. The third kappa shape index (κ3) is 4.76. The summed E-state index contributed by atoms with van der Waals surface area (Å²) in [7, 11) is 0. The number of carbonyl (C=O) groups is 1. The molecule has 38 heavy (non-hydrogen) atoms. The van der Waals surface area contributed by atoms with Crippen molar-refractivity contribution in [3.05, 3.63) is 99.0 Å². The fourth-order valence-electron chi connectivity index (χ4n) is 4.92. The molecule has 3 aromatic rings. The van der Waals surface area contributed by atoms with Crippen LogP contribution in [0.1, 0.15) is 71.9 Å². The summed E-state index contributed by atoms with van der Waals surface area (Å²) >= 11 is 0. The van der Waals surface area contributed by atoms with Crippen LogP contribution in [0.5, 0.6) is 0 Å². The van der Waals surface area contributed by atoms with Gasteiger partial charge in [-0.25, -0.2) is 4.98 Å². The van der Waals surface area contributed by atoms with Gasteiger partial charge in [0.2, 0.25) is 0 Å². The molecule has 0 radical (unpaired) electrons. The molecule has 1 saturated carbocycles. The molecule has 198 valence electrons. The summed E-state index contributed by atoms with van der Waals surface area (Å²) in [6.45, 7) is 5.97. The first kappa shape index (κ1) is 25.8. The first-order chi connectivity index (χ1) is 18.0. The average Bonchev–Trinajstić information content (AvgIpc) is 3.72. The number of halogens is 3. The van der Waals surface area contributed by atoms with Crippen LogP contribution < -0.4 is 5.56 Å². The molecule has 0 spiro atoms. The van der Waals surface area contributed by atoms with Gasteiger partial charge in [0.1, 0.15) is 5.82 Å². The largest absolute Gasteiger partial charge is 0.416 e. The molecule has 1 amide bonds. The minimum absolute atomic E-state index is 0.0941. The summed E-state index contributed by atoms with van der Waals surface area (Å²) in [6.07, 6.45) is -3.88. The Bertz CT molecular complexity index is 1480. The number of nitrogens with one attached hydrogen (secondary N) is 1. The number of alkyl halides is 3. The first-order valence-electron chi connectivity index (χ1n) is 12.4. The summed E-state index contributed by atoms with van der Waals surface area (Å²) in [5.41, 5.74) is 1.36. The second-order valence-corrected chi connectivity index (χ2v) is 10.00. The molecule has 10 heteroatoms. The maximum atomic E-state index is 13.2. The molecule has 0 saturated heterocycles. The molecule has 7 nitrogen and oxygen atoms in total. The molecule has 2 aliphatic rings. The normalized spacial score (nSPS) is 17.3. The highest BCUT2D eigenvalue weighted by molar-refractivity contribution is 5.82. The van der Waals surface area contributed by atoms with Crippen LogP contribution in [0.25, 0.3) is 5.57 Å². The zero-order valence-corrected chi connectivity index (χ0v) is 20.8. The van der Waals surface area contributed by atoms with Crippen LogP contribution in [0.3, 0.4) is 0 Å². The maximum absolute atomic E-state index is 13.2. The molecule has 0 bridgehead atoms. The Balaban J connectivity index is 1.41. The number of benzene rings is 1. The fourth-order valence-corrected chi connectivity index (χ4v) is 4.92. The number of hydrogen-bond donors (Lipinski definition) is 2. The van der Waals surface area contributed by atoms with E-state index >= 15 is 0 Å². The Morgan fingerprint density at radius 3 is 2.61 bits per heavy atom. The summed E-state index contributed by atoms with van der Waals surface area (Å²) in [6, 6.07) is 9.78. The number of aryl methyl sites for hydroxylation is 1. The topological polar surface area (TPSA) is 99.2 Å². The van der Waals surface area contributed by atoms with Crippen molar-refractivity contribution in [2.75, 3.05) is 6.54 Å². The maximum Gasteiger partial charge on any atom is 0.416 e. The van der Waals surface area contributed by atoms with Crippen molar-refractivity contribution in [2.45, 2.75) is 56.8 Å². The number of pyridine rings is 1. The number of allylic oxidation sites excluding steroid dienone is 1. The number of H-pyrrole nitrogens is 1. The Morgan fingerprint density at radius 2 is 1.92 bits per heavy atom. The van der Waals surface area contributed by atoms with E-state index < -0.39 is 29.2 Å². The number of aliphatic hydroxyl groups excluding tert-OH is 1. The smallest absolute Gasteiger partial charge is 0.378 e. The van der Waals surface area contributed by atoms with E-state index in [2.05, 4.69) is 11.6 Å². The third-order valence-electron chi connectivity index (χ3n) is 7.25. The minimum Gasteiger partial charge on any atom is -0.378 e. The van der Waals surface area contributed by atoms with E-state index in [0.29, 0.717) is 29.9 Å². The third-order valence-corrected chi connectivity index (χ3v) is 7.25. The number of nitrogens with zero attached hydrogens (tertiary/aromatic N) is 3. The second kappa shape index (κ2) is 9.50. The van der Waals surface area contributed by atoms with E-state index in [0.717, 1.165) is 48.0 Å². The van der Waals surface area contributed by atoms with E-state index in [1.165, 1.54) is 11.0 Å². The van der Waals surface area contributed by atoms with Gasteiger partial charge in [0.25, 0.3) is 11.5 Å². The lowest BCUT2D eigenvalue weighted by Gasteiger charge is -2.24. The van der Waals surface area contributed by atoms with Crippen molar-refractivity contribution in [1.29, 1.82) is 0 Å².